The molecule has 0 spiro atoms. The Hall–Kier alpha value is -2.82. The molecule has 0 aliphatic heterocycles. The van der Waals surface area contributed by atoms with E-state index >= 15 is 0 Å². The van der Waals surface area contributed by atoms with Crippen molar-refractivity contribution in [1.29, 1.82) is 0 Å². The maximum atomic E-state index is 11.8. The molecular weight excluding hydrogens is 280 g/mol. The van der Waals surface area contributed by atoms with Crippen LogP contribution in [0.5, 0.6) is 11.5 Å². The van der Waals surface area contributed by atoms with Crippen LogP contribution in [0.25, 0.3) is 0 Å². The summed E-state index contributed by atoms with van der Waals surface area (Å²) in [5.74, 6) is 0.673. The number of para-hydroxylation sites is 1. The Kier molecular flexibility index (Phi) is 5.54. The number of hydrogen-bond acceptors (Lipinski definition) is 4. The van der Waals surface area contributed by atoms with Crippen molar-refractivity contribution >= 4 is 12.1 Å². The fraction of sp³-hybridized carbons (Fsp3) is 0.176. The molecule has 5 heteroatoms. The van der Waals surface area contributed by atoms with Crippen molar-refractivity contribution in [3.63, 3.8) is 0 Å². The summed E-state index contributed by atoms with van der Waals surface area (Å²) in [5, 5.41) is 13.4. The van der Waals surface area contributed by atoms with Crippen molar-refractivity contribution < 1.29 is 14.6 Å². The number of rotatable bonds is 6. The molecule has 2 aromatic carbocycles. The third-order valence-electron chi connectivity index (χ3n) is 2.93. The SMILES string of the molecule is CCOc1ccc(CC(=O)N/N=C/c2ccccc2O)cc1. The fourth-order valence-corrected chi connectivity index (χ4v) is 1.87. The molecule has 114 valence electrons. The number of carbonyl (C=O) groups is 1. The summed E-state index contributed by atoms with van der Waals surface area (Å²) in [4.78, 5) is 11.8. The molecule has 0 aliphatic rings. The smallest absolute Gasteiger partial charge is 0.244 e. The summed E-state index contributed by atoms with van der Waals surface area (Å²) >= 11 is 0. The largest absolute Gasteiger partial charge is 0.507 e. The maximum Gasteiger partial charge on any atom is 0.244 e. The van der Waals surface area contributed by atoms with Crippen LogP contribution in [0.15, 0.2) is 53.6 Å². The lowest BCUT2D eigenvalue weighted by molar-refractivity contribution is -0.120. The van der Waals surface area contributed by atoms with E-state index in [1.54, 1.807) is 24.3 Å². The molecule has 0 aliphatic carbocycles. The molecule has 5 nitrogen and oxygen atoms in total. The first-order valence-electron chi connectivity index (χ1n) is 7.00. The van der Waals surface area contributed by atoms with Crippen LogP contribution in [0.1, 0.15) is 18.1 Å². The minimum absolute atomic E-state index is 0.118. The Balaban J connectivity index is 1.86. The minimum atomic E-state index is -0.226. The van der Waals surface area contributed by atoms with E-state index in [2.05, 4.69) is 10.5 Å². The average Bonchev–Trinajstić information content (AvgIpc) is 2.51. The average molecular weight is 298 g/mol. The number of amides is 1. The Morgan fingerprint density at radius 3 is 2.64 bits per heavy atom. The predicted molar refractivity (Wildman–Crippen MR) is 85.2 cm³/mol. The number of phenols is 1. The summed E-state index contributed by atoms with van der Waals surface area (Å²) in [7, 11) is 0. The maximum absolute atomic E-state index is 11.8. The highest BCUT2D eigenvalue weighted by Crippen LogP contribution is 2.13. The number of hydrazone groups is 1. The van der Waals surface area contributed by atoms with Crippen LogP contribution in [0, 0.1) is 0 Å². The number of carbonyl (C=O) groups excluding carboxylic acids is 1. The summed E-state index contributed by atoms with van der Waals surface area (Å²) < 4.78 is 5.34. The molecule has 2 rings (SSSR count). The second-order valence-corrected chi connectivity index (χ2v) is 4.61. The van der Waals surface area contributed by atoms with Crippen LogP contribution in [-0.4, -0.2) is 23.8 Å². The van der Waals surface area contributed by atoms with E-state index < -0.39 is 0 Å². The van der Waals surface area contributed by atoms with Crippen LogP contribution in [0.2, 0.25) is 0 Å². The Bertz CT molecular complexity index is 651. The number of nitrogens with zero attached hydrogens (tertiary/aromatic N) is 1. The molecule has 0 aromatic heterocycles. The van der Waals surface area contributed by atoms with E-state index in [4.69, 9.17) is 4.74 Å². The topological polar surface area (TPSA) is 70.9 Å². The monoisotopic (exact) mass is 298 g/mol. The number of benzene rings is 2. The number of phenolic OH excluding ortho intramolecular Hbond substituents is 1. The second kappa shape index (κ2) is 7.83. The third-order valence-corrected chi connectivity index (χ3v) is 2.93. The molecule has 1 amide bonds. The van der Waals surface area contributed by atoms with Gasteiger partial charge < -0.3 is 9.84 Å². The minimum Gasteiger partial charge on any atom is -0.507 e. The van der Waals surface area contributed by atoms with Gasteiger partial charge in [0, 0.05) is 5.56 Å². The summed E-state index contributed by atoms with van der Waals surface area (Å²) in [6.45, 7) is 2.53. The van der Waals surface area contributed by atoms with Crippen molar-refractivity contribution in [3.05, 3.63) is 59.7 Å². The fourth-order valence-electron chi connectivity index (χ4n) is 1.87. The van der Waals surface area contributed by atoms with Crippen LogP contribution in [0.4, 0.5) is 0 Å². The molecule has 0 heterocycles. The molecule has 0 bridgehead atoms. The number of aromatic hydroxyl groups is 1. The lowest BCUT2D eigenvalue weighted by Crippen LogP contribution is -2.19. The van der Waals surface area contributed by atoms with Crippen LogP contribution < -0.4 is 10.2 Å². The zero-order valence-electron chi connectivity index (χ0n) is 12.3. The van der Waals surface area contributed by atoms with Crippen molar-refractivity contribution in [2.24, 2.45) is 5.10 Å². The van der Waals surface area contributed by atoms with Gasteiger partial charge in [-0.1, -0.05) is 24.3 Å². The number of hydrogen-bond donors (Lipinski definition) is 2. The number of ether oxygens (including phenoxy) is 1. The molecule has 22 heavy (non-hydrogen) atoms. The Labute approximate surface area is 129 Å². The van der Waals surface area contributed by atoms with Crippen LogP contribution in [0.3, 0.4) is 0 Å². The van der Waals surface area contributed by atoms with Gasteiger partial charge in [0.25, 0.3) is 0 Å². The van der Waals surface area contributed by atoms with Gasteiger partial charge in [-0.3, -0.25) is 4.79 Å². The normalized spacial score (nSPS) is 10.6. The predicted octanol–water partition coefficient (Wildman–Crippen LogP) is 2.48. The lowest BCUT2D eigenvalue weighted by atomic mass is 10.1. The van der Waals surface area contributed by atoms with Gasteiger partial charge in [0.1, 0.15) is 11.5 Å². The van der Waals surface area contributed by atoms with E-state index in [1.165, 1.54) is 6.21 Å². The van der Waals surface area contributed by atoms with Gasteiger partial charge in [0.15, 0.2) is 0 Å². The summed E-state index contributed by atoms with van der Waals surface area (Å²) in [6, 6.07) is 14.1. The first-order valence-corrected chi connectivity index (χ1v) is 7.00. The molecule has 0 atom stereocenters. The van der Waals surface area contributed by atoms with Gasteiger partial charge in [0.2, 0.25) is 5.91 Å². The summed E-state index contributed by atoms with van der Waals surface area (Å²) in [5.41, 5.74) is 3.85. The first-order chi connectivity index (χ1) is 10.7. The molecule has 2 aromatic rings. The van der Waals surface area contributed by atoms with E-state index in [9.17, 15) is 9.90 Å². The standard InChI is InChI=1S/C17H18N2O3/c1-2-22-15-9-7-13(8-10-15)11-17(21)19-18-12-14-5-3-4-6-16(14)20/h3-10,12,20H,2,11H2,1H3,(H,19,21)/b18-12+. The van der Waals surface area contributed by atoms with Gasteiger partial charge >= 0.3 is 0 Å². The highest BCUT2D eigenvalue weighted by Gasteiger charge is 2.03. The molecule has 0 radical (unpaired) electrons. The van der Waals surface area contributed by atoms with E-state index in [1.807, 2.05) is 31.2 Å². The highest BCUT2D eigenvalue weighted by molar-refractivity contribution is 5.85. The quantitative estimate of drug-likeness (QED) is 0.636. The lowest BCUT2D eigenvalue weighted by Gasteiger charge is -2.04. The van der Waals surface area contributed by atoms with E-state index in [0.717, 1.165) is 11.3 Å². The second-order valence-electron chi connectivity index (χ2n) is 4.61. The highest BCUT2D eigenvalue weighted by atomic mass is 16.5. The van der Waals surface area contributed by atoms with Gasteiger partial charge in [-0.2, -0.15) is 5.10 Å². The molecule has 0 unspecified atom stereocenters. The van der Waals surface area contributed by atoms with E-state index in [-0.39, 0.29) is 18.1 Å². The van der Waals surface area contributed by atoms with Crippen LogP contribution >= 0.6 is 0 Å². The van der Waals surface area contributed by atoms with Gasteiger partial charge in [-0.05, 0) is 36.8 Å². The molecule has 0 saturated carbocycles. The zero-order chi connectivity index (χ0) is 15.8. The Morgan fingerprint density at radius 2 is 1.95 bits per heavy atom. The molecule has 0 saturated heterocycles. The zero-order valence-corrected chi connectivity index (χ0v) is 12.3. The van der Waals surface area contributed by atoms with Gasteiger partial charge in [-0.15, -0.1) is 0 Å². The third kappa shape index (κ3) is 4.63. The van der Waals surface area contributed by atoms with Crippen molar-refractivity contribution in [2.75, 3.05) is 6.61 Å². The van der Waals surface area contributed by atoms with Gasteiger partial charge in [0.05, 0.1) is 19.2 Å². The molecule has 2 N–H and O–H groups in total. The summed E-state index contributed by atoms with van der Waals surface area (Å²) in [6.07, 6.45) is 1.63. The Morgan fingerprint density at radius 1 is 1.23 bits per heavy atom. The molecular formula is C17H18N2O3. The van der Waals surface area contributed by atoms with Gasteiger partial charge in [-0.25, -0.2) is 5.43 Å². The molecule has 0 fully saturated rings. The first kappa shape index (κ1) is 15.6. The number of nitrogens with one attached hydrogen (secondary N) is 1. The van der Waals surface area contributed by atoms with Crippen molar-refractivity contribution in [2.45, 2.75) is 13.3 Å². The van der Waals surface area contributed by atoms with E-state index in [0.29, 0.717) is 12.2 Å². The van der Waals surface area contributed by atoms with Crippen molar-refractivity contribution in [1.82, 2.24) is 5.43 Å². The van der Waals surface area contributed by atoms with Crippen molar-refractivity contribution in [3.8, 4) is 11.5 Å². The van der Waals surface area contributed by atoms with Crippen LogP contribution in [-0.2, 0) is 11.2 Å².